The average Bonchev–Trinajstić information content (AvgIpc) is 2.78. The van der Waals surface area contributed by atoms with Crippen molar-refractivity contribution in [3.63, 3.8) is 0 Å². The van der Waals surface area contributed by atoms with Gasteiger partial charge in [-0.05, 0) is 65.8 Å². The third-order valence-electron chi connectivity index (χ3n) is 5.36. The van der Waals surface area contributed by atoms with E-state index in [1.54, 1.807) is 36.4 Å². The molecule has 5 nitrogen and oxygen atoms in total. The van der Waals surface area contributed by atoms with Gasteiger partial charge in [0.25, 0.3) is 5.91 Å². The fourth-order valence-electron chi connectivity index (χ4n) is 3.81. The zero-order valence-electron chi connectivity index (χ0n) is 16.5. The van der Waals surface area contributed by atoms with Crippen LogP contribution in [0.4, 0.5) is 0 Å². The first-order valence-corrected chi connectivity index (χ1v) is 10.0. The number of hydrogen-bond acceptors (Lipinski definition) is 4. The molecule has 1 amide bonds. The number of hydrogen-bond donors (Lipinski definition) is 2. The van der Waals surface area contributed by atoms with Crippen LogP contribution >= 0.6 is 0 Å². The van der Waals surface area contributed by atoms with Gasteiger partial charge in [-0.2, -0.15) is 0 Å². The Morgan fingerprint density at radius 2 is 1.60 bits per heavy atom. The van der Waals surface area contributed by atoms with Crippen molar-refractivity contribution < 1.29 is 19.4 Å². The molecule has 0 aliphatic heterocycles. The number of rotatable bonds is 5. The van der Waals surface area contributed by atoms with Crippen molar-refractivity contribution in [3.05, 3.63) is 89.5 Å². The second-order valence-electron chi connectivity index (χ2n) is 7.41. The van der Waals surface area contributed by atoms with Crippen molar-refractivity contribution in [1.29, 1.82) is 0 Å². The topological polar surface area (TPSA) is 75.6 Å². The third-order valence-corrected chi connectivity index (χ3v) is 5.36. The maximum atomic E-state index is 12.3. The molecule has 1 aliphatic rings. The highest BCUT2D eigenvalue weighted by Crippen LogP contribution is 2.29. The molecule has 3 aromatic carbocycles. The van der Waals surface area contributed by atoms with Gasteiger partial charge in [-0.25, -0.2) is 4.79 Å². The van der Waals surface area contributed by atoms with Crippen molar-refractivity contribution in [2.75, 3.05) is 6.61 Å². The fraction of sp³-hybridized carbons (Fsp3) is 0.200. The highest BCUT2D eigenvalue weighted by atomic mass is 16.5. The highest BCUT2D eigenvalue weighted by molar-refractivity contribution is 5.92. The summed E-state index contributed by atoms with van der Waals surface area (Å²) in [5, 5.41) is 12.4. The molecule has 0 bridgehead atoms. The Hall–Kier alpha value is -3.60. The van der Waals surface area contributed by atoms with Gasteiger partial charge in [-0.15, -0.1) is 0 Å². The number of amides is 1. The maximum Gasteiger partial charge on any atom is 0.338 e. The zero-order chi connectivity index (χ0) is 20.9. The van der Waals surface area contributed by atoms with Gasteiger partial charge in [0, 0.05) is 0 Å². The smallest absolute Gasteiger partial charge is 0.338 e. The van der Waals surface area contributed by atoms with Gasteiger partial charge in [-0.1, -0.05) is 48.5 Å². The van der Waals surface area contributed by atoms with E-state index in [-0.39, 0.29) is 24.3 Å². The number of carbonyl (C=O) groups is 2. The number of phenolic OH excluding ortho intramolecular Hbond substituents is 1. The summed E-state index contributed by atoms with van der Waals surface area (Å²) >= 11 is 0. The lowest BCUT2D eigenvalue weighted by Crippen LogP contribution is -2.34. The SMILES string of the molecule is O=C(COC(=O)c1ccc(-c2ccc(O)cc2)cc1)N[C@@H]1CCCc2ccccc21. The van der Waals surface area contributed by atoms with Gasteiger partial charge in [0.2, 0.25) is 0 Å². The van der Waals surface area contributed by atoms with Crippen LogP contribution < -0.4 is 5.32 Å². The minimum atomic E-state index is -0.536. The van der Waals surface area contributed by atoms with Crippen molar-refractivity contribution in [1.82, 2.24) is 5.32 Å². The Bertz CT molecular complexity index is 1040. The summed E-state index contributed by atoms with van der Waals surface area (Å²) in [5.41, 5.74) is 4.64. The Morgan fingerprint density at radius 3 is 2.33 bits per heavy atom. The summed E-state index contributed by atoms with van der Waals surface area (Å²) in [6, 6.07) is 21.9. The molecular weight excluding hydrogens is 378 g/mol. The first kappa shape index (κ1) is 19.7. The normalized spacial score (nSPS) is 15.1. The first-order chi connectivity index (χ1) is 14.6. The summed E-state index contributed by atoms with van der Waals surface area (Å²) in [6.07, 6.45) is 2.93. The van der Waals surface area contributed by atoms with Crippen LogP contribution in [0.15, 0.2) is 72.8 Å². The average molecular weight is 401 g/mol. The molecule has 30 heavy (non-hydrogen) atoms. The van der Waals surface area contributed by atoms with E-state index in [9.17, 15) is 14.7 Å². The number of aryl methyl sites for hydroxylation is 1. The quantitative estimate of drug-likeness (QED) is 0.621. The third kappa shape index (κ3) is 4.51. The lowest BCUT2D eigenvalue weighted by molar-refractivity contribution is -0.125. The van der Waals surface area contributed by atoms with Crippen LogP contribution in [0.25, 0.3) is 11.1 Å². The zero-order valence-corrected chi connectivity index (χ0v) is 16.5. The molecule has 4 rings (SSSR count). The number of benzene rings is 3. The van der Waals surface area contributed by atoms with Crippen LogP contribution in [0, 0.1) is 0 Å². The Labute approximate surface area is 175 Å². The number of ether oxygens (including phenoxy) is 1. The van der Waals surface area contributed by atoms with Crippen molar-refractivity contribution in [3.8, 4) is 16.9 Å². The molecule has 0 saturated carbocycles. The van der Waals surface area contributed by atoms with Crippen LogP contribution in [0.5, 0.6) is 5.75 Å². The van der Waals surface area contributed by atoms with Gasteiger partial charge in [0.15, 0.2) is 6.61 Å². The van der Waals surface area contributed by atoms with Gasteiger partial charge in [0.05, 0.1) is 11.6 Å². The summed E-state index contributed by atoms with van der Waals surface area (Å²) in [7, 11) is 0. The minimum absolute atomic E-state index is 0.0363. The van der Waals surface area contributed by atoms with Crippen LogP contribution in [-0.4, -0.2) is 23.6 Å². The van der Waals surface area contributed by atoms with Crippen LogP contribution in [0.2, 0.25) is 0 Å². The molecule has 0 aromatic heterocycles. The summed E-state index contributed by atoms with van der Waals surface area (Å²) < 4.78 is 5.20. The molecule has 152 valence electrons. The van der Waals surface area contributed by atoms with Crippen LogP contribution in [0.1, 0.15) is 40.4 Å². The van der Waals surface area contributed by atoms with E-state index >= 15 is 0 Å². The molecule has 1 aliphatic carbocycles. The summed E-state index contributed by atoms with van der Waals surface area (Å²) in [6.45, 7) is -0.308. The Balaban J connectivity index is 1.32. The number of nitrogens with one attached hydrogen (secondary N) is 1. The predicted molar refractivity (Wildman–Crippen MR) is 114 cm³/mol. The summed E-state index contributed by atoms with van der Waals surface area (Å²) in [5.74, 6) is -0.633. The van der Waals surface area contributed by atoms with Crippen molar-refractivity contribution in [2.24, 2.45) is 0 Å². The molecule has 0 unspecified atom stereocenters. The lowest BCUT2D eigenvalue weighted by Gasteiger charge is -2.26. The molecule has 0 fully saturated rings. The van der Waals surface area contributed by atoms with Gasteiger partial charge >= 0.3 is 5.97 Å². The lowest BCUT2D eigenvalue weighted by atomic mass is 9.88. The van der Waals surface area contributed by atoms with E-state index in [4.69, 9.17) is 4.74 Å². The van der Waals surface area contributed by atoms with Gasteiger partial charge in [0.1, 0.15) is 5.75 Å². The molecule has 5 heteroatoms. The van der Waals surface area contributed by atoms with E-state index < -0.39 is 5.97 Å². The van der Waals surface area contributed by atoms with E-state index in [1.165, 1.54) is 5.56 Å². The number of aromatic hydroxyl groups is 1. The molecule has 0 spiro atoms. The molecule has 0 saturated heterocycles. The van der Waals surface area contributed by atoms with E-state index in [2.05, 4.69) is 11.4 Å². The van der Waals surface area contributed by atoms with Crippen LogP contribution in [0.3, 0.4) is 0 Å². The number of fused-ring (bicyclic) bond motifs is 1. The molecule has 0 heterocycles. The van der Waals surface area contributed by atoms with E-state index in [0.717, 1.165) is 36.0 Å². The largest absolute Gasteiger partial charge is 0.508 e. The Morgan fingerprint density at radius 1 is 0.933 bits per heavy atom. The fourth-order valence-corrected chi connectivity index (χ4v) is 3.81. The van der Waals surface area contributed by atoms with Gasteiger partial charge in [-0.3, -0.25) is 4.79 Å². The monoisotopic (exact) mass is 401 g/mol. The minimum Gasteiger partial charge on any atom is -0.508 e. The first-order valence-electron chi connectivity index (χ1n) is 10.0. The van der Waals surface area contributed by atoms with Gasteiger partial charge < -0.3 is 15.2 Å². The standard InChI is InChI=1S/C25H23NO4/c27-21-14-12-18(13-15-21)17-8-10-20(11-9-17)25(29)30-16-24(28)26-23-7-3-5-19-4-1-2-6-22(19)23/h1-2,4,6,8-15,23,27H,3,5,7,16H2,(H,26,28)/t23-/m1/s1. The second-order valence-corrected chi connectivity index (χ2v) is 7.41. The summed E-state index contributed by atoms with van der Waals surface area (Å²) in [4.78, 5) is 24.6. The number of esters is 1. The molecule has 1 atom stereocenters. The molecular formula is C25H23NO4. The molecule has 0 radical (unpaired) electrons. The maximum absolute atomic E-state index is 12.3. The number of phenols is 1. The van der Waals surface area contributed by atoms with E-state index in [1.807, 2.05) is 30.3 Å². The van der Waals surface area contributed by atoms with Crippen LogP contribution in [-0.2, 0) is 16.0 Å². The van der Waals surface area contributed by atoms with Crippen molar-refractivity contribution >= 4 is 11.9 Å². The molecule has 2 N–H and O–H groups in total. The highest BCUT2D eigenvalue weighted by Gasteiger charge is 2.22. The Kier molecular flexibility index (Phi) is 5.80. The molecule has 3 aromatic rings. The van der Waals surface area contributed by atoms with Crippen molar-refractivity contribution in [2.45, 2.75) is 25.3 Å². The second kappa shape index (κ2) is 8.82. The predicted octanol–water partition coefficient (Wildman–Crippen LogP) is 4.41. The van der Waals surface area contributed by atoms with E-state index in [0.29, 0.717) is 5.56 Å². The number of carbonyl (C=O) groups excluding carboxylic acids is 2.